The lowest BCUT2D eigenvalue weighted by Crippen LogP contribution is -2.56. The van der Waals surface area contributed by atoms with Gasteiger partial charge in [0.1, 0.15) is 5.75 Å². The number of halogens is 2. The third-order valence-corrected chi connectivity index (χ3v) is 8.00. The first-order valence-electron chi connectivity index (χ1n) is 11.2. The van der Waals surface area contributed by atoms with Gasteiger partial charge >= 0.3 is 0 Å². The van der Waals surface area contributed by atoms with Crippen LogP contribution in [0.4, 0.5) is 0 Å². The highest BCUT2D eigenvalue weighted by molar-refractivity contribution is 7.89. The molecule has 2 heterocycles. The molecule has 34 heavy (non-hydrogen) atoms. The summed E-state index contributed by atoms with van der Waals surface area (Å²) in [6, 6.07) is 16.3. The fourth-order valence-electron chi connectivity index (χ4n) is 4.09. The van der Waals surface area contributed by atoms with Crippen molar-refractivity contribution in [2.24, 2.45) is 0 Å². The van der Waals surface area contributed by atoms with E-state index in [2.05, 4.69) is 19.5 Å². The minimum Gasteiger partial charge on any atom is -0.494 e. The summed E-state index contributed by atoms with van der Waals surface area (Å²) in [5.74, 6) is 1.03. The molecule has 0 aliphatic carbocycles. The Bertz CT molecular complexity index is 1190. The van der Waals surface area contributed by atoms with Gasteiger partial charge in [0.2, 0.25) is 10.0 Å². The van der Waals surface area contributed by atoms with E-state index in [1.165, 1.54) is 6.07 Å². The van der Waals surface area contributed by atoms with Gasteiger partial charge in [0.15, 0.2) is 0 Å². The first-order valence-corrected chi connectivity index (χ1v) is 13.6. The number of ether oxygens (including phenoxy) is 1. The lowest BCUT2D eigenvalue weighted by molar-refractivity contribution is 0.0955. The Labute approximate surface area is 210 Å². The Kier molecular flexibility index (Phi) is 8.63. The molecule has 1 unspecified atom stereocenters. The molecule has 0 radical (unpaired) electrons. The van der Waals surface area contributed by atoms with Crippen LogP contribution >= 0.6 is 23.2 Å². The largest absolute Gasteiger partial charge is 0.494 e. The highest BCUT2D eigenvalue weighted by atomic mass is 35.5. The summed E-state index contributed by atoms with van der Waals surface area (Å²) < 4.78 is 35.0. The number of rotatable bonds is 10. The third-order valence-electron chi connectivity index (χ3n) is 5.89. The van der Waals surface area contributed by atoms with Crippen LogP contribution in [0.25, 0.3) is 10.9 Å². The summed E-state index contributed by atoms with van der Waals surface area (Å²) in [5.41, 5.74) is 0.458. The molecule has 4 rings (SSSR count). The molecule has 1 aromatic heterocycles. The summed E-state index contributed by atoms with van der Waals surface area (Å²) in [7, 11) is -3.83. The molecule has 1 atom stereocenters. The van der Waals surface area contributed by atoms with Gasteiger partial charge in [0.25, 0.3) is 0 Å². The van der Waals surface area contributed by atoms with Crippen LogP contribution in [0.1, 0.15) is 6.42 Å². The Morgan fingerprint density at radius 1 is 1.03 bits per heavy atom. The third kappa shape index (κ3) is 6.19. The van der Waals surface area contributed by atoms with Crippen molar-refractivity contribution in [3.05, 3.63) is 65.8 Å². The zero-order valence-electron chi connectivity index (χ0n) is 18.7. The summed E-state index contributed by atoms with van der Waals surface area (Å²) in [4.78, 5) is 8.82. The maximum absolute atomic E-state index is 13.2. The normalized spacial score (nSPS) is 16.5. The van der Waals surface area contributed by atoms with Crippen molar-refractivity contribution in [1.29, 1.82) is 0 Å². The van der Waals surface area contributed by atoms with Gasteiger partial charge in [0, 0.05) is 44.3 Å². The van der Waals surface area contributed by atoms with Crippen LogP contribution in [0.5, 0.6) is 5.75 Å². The first kappa shape index (κ1) is 25.2. The molecule has 10 heteroatoms. The molecule has 0 amide bonds. The zero-order valence-corrected chi connectivity index (χ0v) is 21.1. The summed E-state index contributed by atoms with van der Waals surface area (Å²) in [6.45, 7) is 4.73. The number of sulfonamides is 1. The molecule has 2 aromatic carbocycles. The second-order valence-corrected chi connectivity index (χ2v) is 10.5. The predicted octanol–water partition coefficient (Wildman–Crippen LogP) is 3.82. The average Bonchev–Trinajstić information content (AvgIpc) is 2.86. The van der Waals surface area contributed by atoms with E-state index in [0.717, 1.165) is 44.9 Å². The van der Waals surface area contributed by atoms with Gasteiger partial charge in [0.05, 0.1) is 34.1 Å². The number of fused-ring (bicyclic) bond motifs is 1. The van der Waals surface area contributed by atoms with Gasteiger partial charge in [-0.15, -0.1) is 11.6 Å². The van der Waals surface area contributed by atoms with Crippen LogP contribution < -0.4 is 9.46 Å². The topological polar surface area (TPSA) is 74.8 Å². The minimum absolute atomic E-state index is 0.146. The molecular weight excluding hydrogens is 495 g/mol. The number of benzene rings is 2. The second kappa shape index (κ2) is 11.7. The number of para-hydroxylation sites is 1. The standard InChI is InChI=1S/C24H28Cl2N4O3S/c25-18-23(28-34(31,32)22-10-9-21(26)24-20(22)8-4-11-27-24)30-15-13-29(14-16-30)12-5-17-33-19-6-2-1-3-7-19/h1-4,6-11,23,28H,5,12-18H2. The van der Waals surface area contributed by atoms with E-state index in [0.29, 0.717) is 22.5 Å². The smallest absolute Gasteiger partial charge is 0.242 e. The van der Waals surface area contributed by atoms with Crippen LogP contribution in [-0.4, -0.2) is 74.6 Å². The summed E-state index contributed by atoms with van der Waals surface area (Å²) >= 11 is 12.4. The predicted molar refractivity (Wildman–Crippen MR) is 136 cm³/mol. The number of hydrogen-bond donors (Lipinski definition) is 1. The van der Waals surface area contributed by atoms with Crippen molar-refractivity contribution in [2.75, 3.05) is 45.2 Å². The highest BCUT2D eigenvalue weighted by Gasteiger charge is 2.28. The average molecular weight is 523 g/mol. The van der Waals surface area contributed by atoms with E-state index in [4.69, 9.17) is 27.9 Å². The van der Waals surface area contributed by atoms with Crippen molar-refractivity contribution in [3.63, 3.8) is 0 Å². The van der Waals surface area contributed by atoms with Gasteiger partial charge in [-0.1, -0.05) is 29.8 Å². The van der Waals surface area contributed by atoms with Gasteiger partial charge in [-0.2, -0.15) is 4.72 Å². The van der Waals surface area contributed by atoms with E-state index < -0.39 is 16.2 Å². The van der Waals surface area contributed by atoms with E-state index >= 15 is 0 Å². The molecule has 0 saturated carbocycles. The van der Waals surface area contributed by atoms with E-state index in [1.54, 1.807) is 24.4 Å². The van der Waals surface area contributed by atoms with Crippen molar-refractivity contribution in [1.82, 2.24) is 19.5 Å². The number of hydrogen-bond acceptors (Lipinski definition) is 6. The molecular formula is C24H28Cl2N4O3S. The maximum Gasteiger partial charge on any atom is 0.242 e. The van der Waals surface area contributed by atoms with Gasteiger partial charge in [-0.3, -0.25) is 9.88 Å². The second-order valence-electron chi connectivity index (χ2n) is 8.13. The van der Waals surface area contributed by atoms with Gasteiger partial charge < -0.3 is 9.64 Å². The maximum atomic E-state index is 13.2. The quantitative estimate of drug-likeness (QED) is 0.322. The molecule has 1 saturated heterocycles. The van der Waals surface area contributed by atoms with Crippen LogP contribution in [0.3, 0.4) is 0 Å². The number of pyridine rings is 1. The molecule has 0 bridgehead atoms. The van der Waals surface area contributed by atoms with Crippen molar-refractivity contribution in [3.8, 4) is 5.75 Å². The SMILES string of the molecule is O=S(=O)(NC(CCl)N1CCN(CCCOc2ccccc2)CC1)c1ccc(Cl)c2ncccc12. The molecule has 7 nitrogen and oxygen atoms in total. The van der Waals surface area contributed by atoms with E-state index in [-0.39, 0.29) is 10.8 Å². The minimum atomic E-state index is -3.83. The number of piperazine rings is 1. The van der Waals surface area contributed by atoms with E-state index in [9.17, 15) is 8.42 Å². The number of alkyl halides is 1. The van der Waals surface area contributed by atoms with E-state index in [1.807, 2.05) is 30.3 Å². The summed E-state index contributed by atoms with van der Waals surface area (Å²) in [6.07, 6.45) is 2.02. The Hall–Kier alpha value is -1.94. The van der Waals surface area contributed by atoms with Crippen molar-refractivity contribution >= 4 is 44.1 Å². The number of nitrogens with zero attached hydrogens (tertiary/aromatic N) is 3. The Morgan fingerprint density at radius 3 is 2.53 bits per heavy atom. The molecule has 3 aromatic rings. The molecule has 1 N–H and O–H groups in total. The van der Waals surface area contributed by atoms with Crippen LogP contribution in [0, 0.1) is 0 Å². The monoisotopic (exact) mass is 522 g/mol. The van der Waals surface area contributed by atoms with Crippen LogP contribution in [0.2, 0.25) is 5.02 Å². The lowest BCUT2D eigenvalue weighted by Gasteiger charge is -2.38. The number of nitrogens with one attached hydrogen (secondary N) is 1. The molecule has 1 aliphatic rings. The summed E-state index contributed by atoms with van der Waals surface area (Å²) in [5, 5.41) is 0.895. The number of aromatic nitrogens is 1. The van der Waals surface area contributed by atoms with Crippen molar-refractivity contribution in [2.45, 2.75) is 17.5 Å². The highest BCUT2D eigenvalue weighted by Crippen LogP contribution is 2.27. The lowest BCUT2D eigenvalue weighted by atomic mass is 10.2. The molecule has 0 spiro atoms. The zero-order chi connectivity index (χ0) is 24.0. The first-order chi connectivity index (χ1) is 16.5. The van der Waals surface area contributed by atoms with Gasteiger partial charge in [-0.25, -0.2) is 8.42 Å². The van der Waals surface area contributed by atoms with Crippen LogP contribution in [0.15, 0.2) is 65.7 Å². The van der Waals surface area contributed by atoms with Crippen molar-refractivity contribution < 1.29 is 13.2 Å². The Balaban J connectivity index is 1.31. The van der Waals surface area contributed by atoms with Crippen LogP contribution in [-0.2, 0) is 10.0 Å². The fourth-order valence-corrected chi connectivity index (χ4v) is 6.08. The fraction of sp³-hybridized carbons (Fsp3) is 0.375. The molecule has 1 fully saturated rings. The van der Waals surface area contributed by atoms with Gasteiger partial charge in [-0.05, 0) is 42.8 Å². The molecule has 1 aliphatic heterocycles. The Morgan fingerprint density at radius 2 is 1.79 bits per heavy atom. The molecule has 182 valence electrons.